The van der Waals surface area contributed by atoms with Crippen molar-refractivity contribution in [1.82, 2.24) is 10.2 Å². The average molecular weight is 349 g/mol. The highest BCUT2D eigenvalue weighted by Crippen LogP contribution is 2.50. The van der Waals surface area contributed by atoms with Crippen LogP contribution in [0.15, 0.2) is 23.9 Å². The molecule has 0 radical (unpaired) electrons. The predicted molar refractivity (Wildman–Crippen MR) is 102 cm³/mol. The number of hydrogen-bond acceptors (Lipinski definition) is 4. The van der Waals surface area contributed by atoms with Crippen LogP contribution < -0.4 is 5.32 Å². The Bertz CT molecular complexity index is 482. The molecule has 0 aliphatic heterocycles. The second kappa shape index (κ2) is 8.70. The summed E-state index contributed by atoms with van der Waals surface area (Å²) in [5, 5.41) is 24.3. The molecule has 3 saturated carbocycles. The van der Waals surface area contributed by atoms with E-state index in [1.165, 1.54) is 18.4 Å². The minimum absolute atomic E-state index is 0.216. The average Bonchev–Trinajstić information content (AvgIpc) is 3.26. The maximum Gasteiger partial charge on any atom is 0.0749 e. The second-order valence-electron chi connectivity index (χ2n) is 8.69. The molecule has 0 aromatic carbocycles. The number of aliphatic hydroxyl groups is 2. The van der Waals surface area contributed by atoms with Crippen molar-refractivity contribution < 1.29 is 10.2 Å². The van der Waals surface area contributed by atoms with Crippen molar-refractivity contribution in [3.8, 4) is 0 Å². The molecule has 0 aromatic heterocycles. The first-order valence-electron chi connectivity index (χ1n) is 10.1. The molecule has 25 heavy (non-hydrogen) atoms. The Morgan fingerprint density at radius 3 is 2.72 bits per heavy atom. The van der Waals surface area contributed by atoms with Gasteiger partial charge in [0.1, 0.15) is 0 Å². The van der Waals surface area contributed by atoms with Crippen LogP contribution >= 0.6 is 0 Å². The van der Waals surface area contributed by atoms with E-state index in [2.05, 4.69) is 36.6 Å². The largest absolute Gasteiger partial charge is 0.392 e. The van der Waals surface area contributed by atoms with E-state index in [1.807, 2.05) is 6.08 Å². The summed E-state index contributed by atoms with van der Waals surface area (Å²) < 4.78 is 0. The van der Waals surface area contributed by atoms with Crippen LogP contribution in [-0.2, 0) is 0 Å². The van der Waals surface area contributed by atoms with Gasteiger partial charge < -0.3 is 20.4 Å². The van der Waals surface area contributed by atoms with E-state index in [9.17, 15) is 10.2 Å². The molecule has 3 aliphatic rings. The van der Waals surface area contributed by atoms with Gasteiger partial charge in [-0.1, -0.05) is 30.6 Å². The summed E-state index contributed by atoms with van der Waals surface area (Å²) in [6.45, 7) is 2.02. The molecular formula is C21H36N2O2. The summed E-state index contributed by atoms with van der Waals surface area (Å²) in [6, 6.07) is 0. The molecule has 3 aliphatic carbocycles. The SMILES string of the molecule is CN(C)CCN/C=C1\C[C@H]2C[C@@H](O)[C@H](/C=C/[C@@H](O)C3CCCC3)[C@H]2C1. The summed E-state index contributed by atoms with van der Waals surface area (Å²) in [5.74, 6) is 1.80. The number of hydrogen-bond donors (Lipinski definition) is 3. The number of aliphatic hydroxyl groups excluding tert-OH is 2. The molecule has 4 heteroatoms. The van der Waals surface area contributed by atoms with Crippen molar-refractivity contribution in [2.75, 3.05) is 27.2 Å². The van der Waals surface area contributed by atoms with E-state index in [-0.39, 0.29) is 18.1 Å². The van der Waals surface area contributed by atoms with E-state index in [0.29, 0.717) is 17.8 Å². The Kier molecular flexibility index (Phi) is 6.59. The van der Waals surface area contributed by atoms with Crippen LogP contribution in [0.25, 0.3) is 0 Å². The van der Waals surface area contributed by atoms with Crippen molar-refractivity contribution in [2.24, 2.45) is 23.7 Å². The Hall–Kier alpha value is -0.840. The molecule has 0 heterocycles. The fourth-order valence-electron chi connectivity index (χ4n) is 5.09. The lowest BCUT2D eigenvalue weighted by Gasteiger charge is -2.19. The first kappa shape index (κ1) is 18.9. The Morgan fingerprint density at radius 2 is 2.00 bits per heavy atom. The van der Waals surface area contributed by atoms with Crippen LogP contribution in [0.1, 0.15) is 44.9 Å². The van der Waals surface area contributed by atoms with Gasteiger partial charge in [0.2, 0.25) is 0 Å². The van der Waals surface area contributed by atoms with Crippen LogP contribution in [0.5, 0.6) is 0 Å². The zero-order valence-electron chi connectivity index (χ0n) is 15.9. The van der Waals surface area contributed by atoms with Gasteiger partial charge in [0.05, 0.1) is 12.2 Å². The van der Waals surface area contributed by atoms with Crippen LogP contribution in [0.4, 0.5) is 0 Å². The summed E-state index contributed by atoms with van der Waals surface area (Å²) in [7, 11) is 4.18. The molecule has 0 saturated heterocycles. The van der Waals surface area contributed by atoms with Crippen molar-refractivity contribution in [3.63, 3.8) is 0 Å². The van der Waals surface area contributed by atoms with Gasteiger partial charge in [-0.3, -0.25) is 0 Å². The summed E-state index contributed by atoms with van der Waals surface area (Å²) in [5.41, 5.74) is 1.50. The first-order chi connectivity index (χ1) is 12.0. The van der Waals surface area contributed by atoms with Crippen LogP contribution in [-0.4, -0.2) is 54.5 Å². The standard InChI is InChI=1S/C21H36N2O2/c1-23(2)10-9-22-14-15-11-17-13-21(25)18(19(17)12-15)7-8-20(24)16-5-3-4-6-16/h7-8,14,16-22,24-25H,3-6,9-13H2,1-2H3/b8-7+,15-14+/t17-,18+,19-,20+,21+/m0/s1. The number of likely N-dealkylation sites (N-methyl/N-ethyl adjacent to an activating group) is 1. The molecule has 0 amide bonds. The minimum atomic E-state index is -0.321. The third kappa shape index (κ3) is 4.87. The lowest BCUT2D eigenvalue weighted by molar-refractivity contribution is 0.135. The zero-order valence-corrected chi connectivity index (χ0v) is 15.9. The smallest absolute Gasteiger partial charge is 0.0749 e. The molecule has 0 bridgehead atoms. The zero-order chi connectivity index (χ0) is 17.8. The van der Waals surface area contributed by atoms with Gasteiger partial charge in [-0.2, -0.15) is 0 Å². The van der Waals surface area contributed by atoms with Gasteiger partial charge in [-0.05, 0) is 70.2 Å². The van der Waals surface area contributed by atoms with Gasteiger partial charge in [0, 0.05) is 19.0 Å². The highest BCUT2D eigenvalue weighted by molar-refractivity contribution is 5.17. The van der Waals surface area contributed by atoms with E-state index in [4.69, 9.17) is 0 Å². The molecule has 0 aromatic rings. The van der Waals surface area contributed by atoms with Crippen molar-refractivity contribution >= 4 is 0 Å². The molecular weight excluding hydrogens is 312 g/mol. The summed E-state index contributed by atoms with van der Waals surface area (Å²) in [6.07, 6.45) is 13.7. The monoisotopic (exact) mass is 348 g/mol. The van der Waals surface area contributed by atoms with Gasteiger partial charge in [-0.15, -0.1) is 0 Å². The molecule has 5 atom stereocenters. The number of rotatable bonds is 7. The predicted octanol–water partition coefficient (Wildman–Crippen LogP) is 2.54. The molecule has 3 rings (SSSR count). The number of allylic oxidation sites excluding steroid dienone is 1. The van der Waals surface area contributed by atoms with Crippen molar-refractivity contribution in [1.29, 1.82) is 0 Å². The molecule has 142 valence electrons. The summed E-state index contributed by atoms with van der Waals surface area (Å²) in [4.78, 5) is 2.18. The highest BCUT2D eigenvalue weighted by Gasteiger charge is 2.45. The normalized spacial score (nSPS) is 36.0. The van der Waals surface area contributed by atoms with Gasteiger partial charge in [0.15, 0.2) is 0 Å². The third-order valence-electron chi connectivity index (χ3n) is 6.53. The molecule has 3 N–H and O–H groups in total. The van der Waals surface area contributed by atoms with Crippen LogP contribution in [0.3, 0.4) is 0 Å². The Morgan fingerprint density at radius 1 is 1.24 bits per heavy atom. The van der Waals surface area contributed by atoms with E-state index >= 15 is 0 Å². The van der Waals surface area contributed by atoms with Crippen molar-refractivity contribution in [3.05, 3.63) is 23.9 Å². The number of nitrogens with zero attached hydrogens (tertiary/aromatic N) is 1. The van der Waals surface area contributed by atoms with E-state index < -0.39 is 0 Å². The van der Waals surface area contributed by atoms with E-state index in [0.717, 1.165) is 45.2 Å². The quantitative estimate of drug-likeness (QED) is 0.489. The Labute approximate surface area is 153 Å². The second-order valence-corrected chi connectivity index (χ2v) is 8.69. The van der Waals surface area contributed by atoms with Crippen LogP contribution in [0.2, 0.25) is 0 Å². The number of nitrogens with one attached hydrogen (secondary N) is 1. The fraction of sp³-hybridized carbons (Fsp3) is 0.810. The third-order valence-corrected chi connectivity index (χ3v) is 6.53. The lowest BCUT2D eigenvalue weighted by atomic mass is 9.89. The van der Waals surface area contributed by atoms with Crippen molar-refractivity contribution in [2.45, 2.75) is 57.2 Å². The number of fused-ring (bicyclic) bond motifs is 1. The van der Waals surface area contributed by atoms with Gasteiger partial charge in [0.25, 0.3) is 0 Å². The molecule has 0 unspecified atom stereocenters. The first-order valence-corrected chi connectivity index (χ1v) is 10.1. The molecule has 3 fully saturated rings. The maximum absolute atomic E-state index is 10.5. The molecule has 0 spiro atoms. The van der Waals surface area contributed by atoms with Gasteiger partial charge >= 0.3 is 0 Å². The lowest BCUT2D eigenvalue weighted by Crippen LogP contribution is -2.23. The van der Waals surface area contributed by atoms with Crippen LogP contribution in [0, 0.1) is 23.7 Å². The Balaban J connectivity index is 1.52. The van der Waals surface area contributed by atoms with Gasteiger partial charge in [-0.25, -0.2) is 0 Å². The topological polar surface area (TPSA) is 55.7 Å². The highest BCUT2D eigenvalue weighted by atomic mass is 16.3. The van der Waals surface area contributed by atoms with E-state index in [1.54, 1.807) is 0 Å². The minimum Gasteiger partial charge on any atom is -0.392 e. The fourth-order valence-corrected chi connectivity index (χ4v) is 5.09. The molecule has 4 nitrogen and oxygen atoms in total. The maximum atomic E-state index is 10.5. The summed E-state index contributed by atoms with van der Waals surface area (Å²) >= 11 is 0.